The van der Waals surface area contributed by atoms with Crippen LogP contribution in [0.5, 0.6) is 0 Å². The zero-order valence-electron chi connectivity index (χ0n) is 15.1. The van der Waals surface area contributed by atoms with Gasteiger partial charge in [-0.05, 0) is 18.2 Å². The van der Waals surface area contributed by atoms with Crippen LogP contribution in [-0.2, 0) is 19.6 Å². The SMILES string of the molecule is CN(C)C(=O)CNC(=O)CN1CCN(S(=O)(=O)c2cc(F)ccc2F)CC1. The standard InChI is InChI=1S/C16H22F2N4O4S/c1-20(2)16(24)10-19-15(23)11-21-5-7-22(8-6-21)27(25,26)14-9-12(17)3-4-13(14)18/h3-4,9H,5-8,10-11H2,1-2H3,(H,19,23). The van der Waals surface area contributed by atoms with Gasteiger partial charge in [0.05, 0.1) is 13.1 Å². The molecule has 1 fully saturated rings. The number of sulfonamides is 1. The Morgan fingerprint density at radius 1 is 1.15 bits per heavy atom. The Morgan fingerprint density at radius 3 is 2.37 bits per heavy atom. The van der Waals surface area contributed by atoms with Gasteiger partial charge in [-0.1, -0.05) is 0 Å². The summed E-state index contributed by atoms with van der Waals surface area (Å²) in [5, 5.41) is 2.50. The van der Waals surface area contributed by atoms with Crippen molar-refractivity contribution < 1.29 is 26.8 Å². The second-order valence-corrected chi connectivity index (χ2v) is 8.23. The summed E-state index contributed by atoms with van der Waals surface area (Å²) in [5.41, 5.74) is 0. The Morgan fingerprint density at radius 2 is 1.78 bits per heavy atom. The maximum absolute atomic E-state index is 13.8. The molecule has 0 aromatic heterocycles. The molecule has 1 aromatic rings. The van der Waals surface area contributed by atoms with Crippen LogP contribution in [0, 0.1) is 11.6 Å². The Hall–Kier alpha value is -2.11. The van der Waals surface area contributed by atoms with Crippen molar-refractivity contribution >= 4 is 21.8 Å². The van der Waals surface area contributed by atoms with Gasteiger partial charge < -0.3 is 10.2 Å². The molecule has 2 amide bonds. The van der Waals surface area contributed by atoms with E-state index in [2.05, 4.69) is 5.32 Å². The minimum Gasteiger partial charge on any atom is -0.347 e. The zero-order chi connectivity index (χ0) is 20.2. The lowest BCUT2D eigenvalue weighted by Crippen LogP contribution is -2.51. The van der Waals surface area contributed by atoms with Crippen LogP contribution in [0.3, 0.4) is 0 Å². The number of carbonyl (C=O) groups excluding carboxylic acids is 2. The fourth-order valence-electron chi connectivity index (χ4n) is 2.53. The smallest absolute Gasteiger partial charge is 0.246 e. The molecule has 150 valence electrons. The van der Waals surface area contributed by atoms with E-state index >= 15 is 0 Å². The average molecular weight is 404 g/mol. The number of carbonyl (C=O) groups is 2. The molecule has 1 heterocycles. The van der Waals surface area contributed by atoms with Crippen LogP contribution < -0.4 is 5.32 Å². The second-order valence-electron chi connectivity index (χ2n) is 6.32. The molecule has 0 spiro atoms. The quantitative estimate of drug-likeness (QED) is 0.689. The molecule has 27 heavy (non-hydrogen) atoms. The number of amides is 2. The molecule has 1 aromatic carbocycles. The summed E-state index contributed by atoms with van der Waals surface area (Å²) >= 11 is 0. The van der Waals surface area contributed by atoms with Crippen molar-refractivity contribution in [2.24, 2.45) is 0 Å². The summed E-state index contributed by atoms with van der Waals surface area (Å²) in [7, 11) is -0.999. The molecular weight excluding hydrogens is 382 g/mol. The minimum atomic E-state index is -4.16. The summed E-state index contributed by atoms with van der Waals surface area (Å²) in [6, 6.07) is 2.29. The van der Waals surface area contributed by atoms with E-state index in [4.69, 9.17) is 0 Å². The summed E-state index contributed by atoms with van der Waals surface area (Å²) in [6.07, 6.45) is 0. The van der Waals surface area contributed by atoms with Gasteiger partial charge in [-0.3, -0.25) is 14.5 Å². The van der Waals surface area contributed by atoms with E-state index in [0.29, 0.717) is 6.07 Å². The molecule has 2 rings (SSSR count). The van der Waals surface area contributed by atoms with E-state index in [1.165, 1.54) is 4.90 Å². The van der Waals surface area contributed by atoms with Gasteiger partial charge in [-0.25, -0.2) is 17.2 Å². The predicted octanol–water partition coefficient (Wildman–Crippen LogP) is -0.524. The molecular formula is C16H22F2N4O4S. The molecule has 1 aliphatic rings. The summed E-state index contributed by atoms with van der Waals surface area (Å²) in [4.78, 5) is 25.7. The topological polar surface area (TPSA) is 90.0 Å². The largest absolute Gasteiger partial charge is 0.347 e. The third-order valence-corrected chi connectivity index (χ3v) is 6.06. The third-order valence-electron chi connectivity index (χ3n) is 4.15. The first-order valence-corrected chi connectivity index (χ1v) is 9.69. The number of hydrogen-bond acceptors (Lipinski definition) is 5. The zero-order valence-corrected chi connectivity index (χ0v) is 15.9. The van der Waals surface area contributed by atoms with Gasteiger partial charge >= 0.3 is 0 Å². The number of nitrogens with one attached hydrogen (secondary N) is 1. The summed E-state index contributed by atoms with van der Waals surface area (Å²) in [6.45, 7) is 0.503. The highest BCUT2D eigenvalue weighted by Gasteiger charge is 2.31. The molecule has 8 nitrogen and oxygen atoms in total. The first kappa shape index (κ1) is 21.2. The first-order chi connectivity index (χ1) is 12.6. The number of likely N-dealkylation sites (N-methyl/N-ethyl adjacent to an activating group) is 1. The summed E-state index contributed by atoms with van der Waals surface area (Å²) < 4.78 is 53.2. The van der Waals surface area contributed by atoms with E-state index in [1.807, 2.05) is 0 Å². The van der Waals surface area contributed by atoms with E-state index in [9.17, 15) is 26.8 Å². The molecule has 1 saturated heterocycles. The Labute approximate surface area is 156 Å². The Kier molecular flexibility index (Phi) is 6.84. The highest BCUT2D eigenvalue weighted by molar-refractivity contribution is 7.89. The number of nitrogens with zero attached hydrogens (tertiary/aromatic N) is 3. The van der Waals surface area contributed by atoms with Crippen LogP contribution in [0.1, 0.15) is 0 Å². The van der Waals surface area contributed by atoms with Crippen molar-refractivity contribution in [1.82, 2.24) is 19.4 Å². The van der Waals surface area contributed by atoms with Crippen molar-refractivity contribution in [3.05, 3.63) is 29.8 Å². The molecule has 1 aliphatic heterocycles. The molecule has 0 radical (unpaired) electrons. The van der Waals surface area contributed by atoms with Crippen LogP contribution >= 0.6 is 0 Å². The van der Waals surface area contributed by atoms with Crippen LogP contribution in [-0.4, -0.2) is 87.7 Å². The van der Waals surface area contributed by atoms with Crippen LogP contribution in [0.2, 0.25) is 0 Å². The summed E-state index contributed by atoms with van der Waals surface area (Å²) in [5.74, 6) is -2.43. The van der Waals surface area contributed by atoms with Crippen molar-refractivity contribution in [3.8, 4) is 0 Å². The lowest BCUT2D eigenvalue weighted by Gasteiger charge is -2.33. The predicted molar refractivity (Wildman–Crippen MR) is 93.3 cm³/mol. The van der Waals surface area contributed by atoms with Crippen molar-refractivity contribution in [2.75, 3.05) is 53.4 Å². The van der Waals surface area contributed by atoms with E-state index < -0.39 is 26.6 Å². The monoisotopic (exact) mass is 404 g/mol. The lowest BCUT2D eigenvalue weighted by molar-refractivity contribution is -0.131. The van der Waals surface area contributed by atoms with Gasteiger partial charge in [-0.15, -0.1) is 0 Å². The highest BCUT2D eigenvalue weighted by atomic mass is 32.2. The maximum atomic E-state index is 13.8. The number of benzene rings is 1. The van der Waals surface area contributed by atoms with Gasteiger partial charge in [0.2, 0.25) is 21.8 Å². The van der Waals surface area contributed by atoms with Crippen molar-refractivity contribution in [2.45, 2.75) is 4.90 Å². The van der Waals surface area contributed by atoms with E-state index in [1.54, 1.807) is 19.0 Å². The number of piperazine rings is 1. The Balaban J connectivity index is 1.90. The number of halogens is 2. The van der Waals surface area contributed by atoms with Crippen LogP contribution in [0.4, 0.5) is 8.78 Å². The molecule has 0 saturated carbocycles. The second kappa shape index (κ2) is 8.72. The fraction of sp³-hybridized carbons (Fsp3) is 0.500. The number of hydrogen-bond donors (Lipinski definition) is 1. The van der Waals surface area contributed by atoms with Crippen molar-refractivity contribution in [1.29, 1.82) is 0 Å². The molecule has 0 bridgehead atoms. The fourth-order valence-corrected chi connectivity index (χ4v) is 4.03. The highest BCUT2D eigenvalue weighted by Crippen LogP contribution is 2.21. The molecule has 0 aliphatic carbocycles. The maximum Gasteiger partial charge on any atom is 0.246 e. The van der Waals surface area contributed by atoms with E-state index in [-0.39, 0.29) is 51.1 Å². The van der Waals surface area contributed by atoms with Gasteiger partial charge in [0.1, 0.15) is 16.5 Å². The van der Waals surface area contributed by atoms with Gasteiger partial charge in [0, 0.05) is 40.3 Å². The number of rotatable bonds is 6. The first-order valence-electron chi connectivity index (χ1n) is 8.25. The third kappa shape index (κ3) is 5.44. The normalized spacial score (nSPS) is 16.1. The Bertz CT molecular complexity index is 809. The molecule has 1 N–H and O–H groups in total. The molecule has 0 atom stereocenters. The van der Waals surface area contributed by atoms with Gasteiger partial charge in [-0.2, -0.15) is 4.31 Å². The van der Waals surface area contributed by atoms with Crippen LogP contribution in [0.15, 0.2) is 23.1 Å². The minimum absolute atomic E-state index is 0.0168. The van der Waals surface area contributed by atoms with Gasteiger partial charge in [0.25, 0.3) is 0 Å². The lowest BCUT2D eigenvalue weighted by atomic mass is 10.3. The average Bonchev–Trinajstić information content (AvgIpc) is 2.62. The van der Waals surface area contributed by atoms with Crippen molar-refractivity contribution in [3.63, 3.8) is 0 Å². The van der Waals surface area contributed by atoms with Gasteiger partial charge in [0.15, 0.2) is 0 Å². The van der Waals surface area contributed by atoms with E-state index in [0.717, 1.165) is 16.4 Å². The molecule has 0 unspecified atom stereocenters. The van der Waals surface area contributed by atoms with Crippen LogP contribution in [0.25, 0.3) is 0 Å². The molecule has 11 heteroatoms.